The molecule has 114 valence electrons. The molecule has 2 heterocycles. The summed E-state index contributed by atoms with van der Waals surface area (Å²) in [4.78, 5) is 14.1. The number of fused-ring (bicyclic) bond motifs is 1. The second kappa shape index (κ2) is 6.18. The van der Waals surface area contributed by atoms with Crippen molar-refractivity contribution in [1.29, 1.82) is 0 Å². The van der Waals surface area contributed by atoms with E-state index in [2.05, 4.69) is 35.2 Å². The maximum atomic E-state index is 4.75. The van der Waals surface area contributed by atoms with E-state index in [1.165, 1.54) is 48.8 Å². The molecule has 0 unspecified atom stereocenters. The Morgan fingerprint density at radius 2 is 1.90 bits per heavy atom. The molecule has 5 heteroatoms. The van der Waals surface area contributed by atoms with Crippen molar-refractivity contribution in [2.75, 3.05) is 24.3 Å². The molecule has 0 aromatic carbocycles. The first kappa shape index (κ1) is 14.6. The zero-order valence-corrected chi connectivity index (χ0v) is 14.0. The van der Waals surface area contributed by atoms with Crippen LogP contribution in [-0.2, 0) is 0 Å². The summed E-state index contributed by atoms with van der Waals surface area (Å²) in [5.41, 5.74) is 0. The molecule has 0 aliphatic heterocycles. The fraction of sp³-hybridized carbons (Fsp3) is 0.625. The van der Waals surface area contributed by atoms with Gasteiger partial charge in [0.1, 0.15) is 10.6 Å². The normalized spacial score (nSPS) is 16.9. The van der Waals surface area contributed by atoms with E-state index in [4.69, 9.17) is 4.98 Å². The molecule has 0 spiro atoms. The van der Waals surface area contributed by atoms with Crippen LogP contribution >= 0.6 is 11.3 Å². The van der Waals surface area contributed by atoms with Gasteiger partial charge in [-0.05, 0) is 25.8 Å². The van der Waals surface area contributed by atoms with Gasteiger partial charge in [-0.1, -0.05) is 25.7 Å². The predicted molar refractivity (Wildman–Crippen MR) is 91.6 cm³/mol. The molecule has 1 fully saturated rings. The number of nitrogens with one attached hydrogen (secondary N) is 1. The van der Waals surface area contributed by atoms with E-state index in [-0.39, 0.29) is 0 Å². The lowest BCUT2D eigenvalue weighted by Gasteiger charge is -2.29. The third-order valence-corrected chi connectivity index (χ3v) is 5.37. The summed E-state index contributed by atoms with van der Waals surface area (Å²) in [6.07, 6.45) is 7.99. The SMILES string of the molecule is CNc1nc(N(C)C2CCCCCC2)c2cc(C)sc2n1. The van der Waals surface area contributed by atoms with Gasteiger partial charge in [-0.3, -0.25) is 0 Å². The van der Waals surface area contributed by atoms with Crippen molar-refractivity contribution in [2.24, 2.45) is 0 Å². The van der Waals surface area contributed by atoms with Gasteiger partial charge < -0.3 is 10.2 Å². The first-order valence-electron chi connectivity index (χ1n) is 7.88. The van der Waals surface area contributed by atoms with Gasteiger partial charge in [0.15, 0.2) is 0 Å². The highest BCUT2D eigenvalue weighted by atomic mass is 32.1. The molecular weight excluding hydrogens is 280 g/mol. The second-order valence-corrected chi connectivity index (χ2v) is 7.19. The van der Waals surface area contributed by atoms with E-state index >= 15 is 0 Å². The van der Waals surface area contributed by atoms with E-state index in [0.717, 1.165) is 16.6 Å². The fourth-order valence-electron chi connectivity index (χ4n) is 3.23. The van der Waals surface area contributed by atoms with Crippen molar-refractivity contribution in [3.05, 3.63) is 10.9 Å². The highest BCUT2D eigenvalue weighted by Crippen LogP contribution is 2.33. The van der Waals surface area contributed by atoms with Crippen molar-refractivity contribution in [1.82, 2.24) is 9.97 Å². The molecule has 1 saturated carbocycles. The van der Waals surface area contributed by atoms with Crippen LogP contribution in [0.3, 0.4) is 0 Å². The molecule has 21 heavy (non-hydrogen) atoms. The summed E-state index contributed by atoms with van der Waals surface area (Å²) >= 11 is 1.75. The van der Waals surface area contributed by atoms with Gasteiger partial charge in [-0.25, -0.2) is 4.98 Å². The lowest BCUT2D eigenvalue weighted by atomic mass is 10.1. The minimum atomic E-state index is 0.607. The Labute approximate surface area is 130 Å². The summed E-state index contributed by atoms with van der Waals surface area (Å²) in [5.74, 6) is 1.81. The number of anilines is 2. The molecule has 3 rings (SSSR count). The third kappa shape index (κ3) is 2.98. The second-order valence-electron chi connectivity index (χ2n) is 5.95. The first-order valence-corrected chi connectivity index (χ1v) is 8.69. The molecule has 2 aromatic heterocycles. The molecule has 1 aliphatic rings. The topological polar surface area (TPSA) is 41.1 Å². The van der Waals surface area contributed by atoms with Gasteiger partial charge in [0.25, 0.3) is 0 Å². The number of aromatic nitrogens is 2. The van der Waals surface area contributed by atoms with Crippen LogP contribution in [0.1, 0.15) is 43.4 Å². The average molecular weight is 304 g/mol. The minimum Gasteiger partial charge on any atom is -0.357 e. The van der Waals surface area contributed by atoms with Crippen molar-refractivity contribution in [3.63, 3.8) is 0 Å². The Morgan fingerprint density at radius 3 is 2.57 bits per heavy atom. The van der Waals surface area contributed by atoms with Crippen LogP contribution in [0, 0.1) is 6.92 Å². The smallest absolute Gasteiger partial charge is 0.225 e. The van der Waals surface area contributed by atoms with E-state index < -0.39 is 0 Å². The van der Waals surface area contributed by atoms with Crippen molar-refractivity contribution < 1.29 is 0 Å². The number of rotatable bonds is 3. The number of nitrogens with zero attached hydrogens (tertiary/aromatic N) is 3. The van der Waals surface area contributed by atoms with E-state index in [9.17, 15) is 0 Å². The van der Waals surface area contributed by atoms with E-state index in [0.29, 0.717) is 6.04 Å². The Morgan fingerprint density at radius 1 is 1.19 bits per heavy atom. The van der Waals surface area contributed by atoms with Crippen molar-refractivity contribution >= 4 is 33.3 Å². The minimum absolute atomic E-state index is 0.607. The van der Waals surface area contributed by atoms with Gasteiger partial charge in [0, 0.05) is 25.0 Å². The molecule has 0 saturated heterocycles. The monoisotopic (exact) mass is 304 g/mol. The maximum absolute atomic E-state index is 4.75. The average Bonchev–Trinajstić information content (AvgIpc) is 2.70. The number of hydrogen-bond acceptors (Lipinski definition) is 5. The van der Waals surface area contributed by atoms with E-state index in [1.807, 2.05) is 7.05 Å². The zero-order chi connectivity index (χ0) is 14.8. The maximum Gasteiger partial charge on any atom is 0.225 e. The Hall–Kier alpha value is -1.36. The van der Waals surface area contributed by atoms with Crippen LogP contribution in [0.2, 0.25) is 0 Å². The number of thiophene rings is 1. The highest BCUT2D eigenvalue weighted by Gasteiger charge is 2.21. The number of aryl methyl sites for hydroxylation is 1. The molecule has 4 nitrogen and oxygen atoms in total. The van der Waals surface area contributed by atoms with Gasteiger partial charge in [-0.2, -0.15) is 4.98 Å². The van der Waals surface area contributed by atoms with Crippen LogP contribution in [-0.4, -0.2) is 30.1 Å². The largest absolute Gasteiger partial charge is 0.357 e. The molecule has 0 atom stereocenters. The van der Waals surface area contributed by atoms with Crippen LogP contribution < -0.4 is 10.2 Å². The summed E-state index contributed by atoms with van der Waals surface area (Å²) < 4.78 is 0. The Kier molecular flexibility index (Phi) is 4.29. The van der Waals surface area contributed by atoms with Gasteiger partial charge in [-0.15, -0.1) is 11.3 Å². The fourth-order valence-corrected chi connectivity index (χ4v) is 4.10. The standard InChI is InChI=1S/C16H24N4S/c1-11-10-13-14(18-16(17-2)19-15(13)21-11)20(3)12-8-6-4-5-7-9-12/h10,12H,4-9H2,1-3H3,(H,17,18,19). The summed E-state index contributed by atoms with van der Waals surface area (Å²) in [6.45, 7) is 2.14. The van der Waals surface area contributed by atoms with Crippen LogP contribution in [0.4, 0.5) is 11.8 Å². The van der Waals surface area contributed by atoms with Crippen LogP contribution in [0.5, 0.6) is 0 Å². The number of hydrogen-bond donors (Lipinski definition) is 1. The lowest BCUT2D eigenvalue weighted by Crippen LogP contribution is -2.32. The van der Waals surface area contributed by atoms with Gasteiger partial charge >= 0.3 is 0 Å². The predicted octanol–water partition coefficient (Wildman–Crippen LogP) is 4.20. The van der Waals surface area contributed by atoms with Gasteiger partial charge in [0.2, 0.25) is 5.95 Å². The third-order valence-electron chi connectivity index (χ3n) is 4.43. The summed E-state index contributed by atoms with van der Waals surface area (Å²) in [5, 5.41) is 4.29. The lowest BCUT2D eigenvalue weighted by molar-refractivity contribution is 0.550. The summed E-state index contributed by atoms with van der Waals surface area (Å²) in [7, 11) is 4.08. The first-order chi connectivity index (χ1) is 10.2. The van der Waals surface area contributed by atoms with E-state index in [1.54, 1.807) is 11.3 Å². The van der Waals surface area contributed by atoms with Gasteiger partial charge in [0.05, 0.1) is 5.39 Å². The molecule has 0 bridgehead atoms. The molecule has 2 aromatic rings. The molecule has 0 radical (unpaired) electrons. The molecule has 1 aliphatic carbocycles. The zero-order valence-electron chi connectivity index (χ0n) is 13.1. The molecular formula is C16H24N4S. The quantitative estimate of drug-likeness (QED) is 0.863. The highest BCUT2D eigenvalue weighted by molar-refractivity contribution is 7.18. The molecule has 1 N–H and O–H groups in total. The molecule has 0 amide bonds. The van der Waals surface area contributed by atoms with Crippen molar-refractivity contribution in [3.8, 4) is 0 Å². The Bertz CT molecular complexity index is 614. The van der Waals surface area contributed by atoms with Crippen LogP contribution in [0.25, 0.3) is 10.2 Å². The Balaban J connectivity index is 2.00. The van der Waals surface area contributed by atoms with Crippen LogP contribution in [0.15, 0.2) is 6.07 Å². The summed E-state index contributed by atoms with van der Waals surface area (Å²) in [6, 6.07) is 2.83. The van der Waals surface area contributed by atoms with Crippen molar-refractivity contribution in [2.45, 2.75) is 51.5 Å².